The lowest BCUT2D eigenvalue weighted by Crippen LogP contribution is -2.14. The molecule has 1 N–H and O–H groups in total. The first-order chi connectivity index (χ1) is 14.3. The number of nitrogens with one attached hydrogen (secondary N) is 1. The number of nitrogens with zero attached hydrogens (tertiary/aromatic N) is 1. The van der Waals surface area contributed by atoms with E-state index in [0.29, 0.717) is 33.7 Å². The second kappa shape index (κ2) is 7.52. The minimum absolute atomic E-state index is 0.183. The van der Waals surface area contributed by atoms with E-state index in [1.54, 1.807) is 18.2 Å². The Morgan fingerprint density at radius 2 is 1.83 bits per heavy atom. The smallest absolute Gasteiger partial charge is 0.257 e. The molecule has 6 nitrogen and oxygen atoms in total. The highest BCUT2D eigenvalue weighted by atomic mass is 32.2. The zero-order valence-corrected chi connectivity index (χ0v) is 16.1. The summed E-state index contributed by atoms with van der Waals surface area (Å²) in [7, 11) is 0. The Hall–Kier alpha value is -3.45. The van der Waals surface area contributed by atoms with Crippen molar-refractivity contribution >= 4 is 34.5 Å². The maximum atomic E-state index is 12.9. The van der Waals surface area contributed by atoms with Crippen LogP contribution >= 0.6 is 11.8 Å². The Balaban J connectivity index is 1.32. The molecule has 0 radical (unpaired) electrons. The standard InChI is InChI=1S/C22H16N2O4S/c25-21(23-15-9-10-19-20(11-15)27-13-26-19)16-6-2-1-5-14(16)12-29-22-24-17-7-3-4-8-18(17)28-22/h1-11H,12-13H2,(H,23,25). The average Bonchev–Trinajstić information content (AvgIpc) is 3.38. The summed E-state index contributed by atoms with van der Waals surface area (Å²) in [6, 6.07) is 20.5. The van der Waals surface area contributed by atoms with Gasteiger partial charge < -0.3 is 19.2 Å². The number of ether oxygens (including phenoxy) is 2. The van der Waals surface area contributed by atoms with Crippen LogP contribution in [0.4, 0.5) is 5.69 Å². The van der Waals surface area contributed by atoms with Crippen molar-refractivity contribution in [3.63, 3.8) is 0 Å². The lowest BCUT2D eigenvalue weighted by atomic mass is 10.1. The van der Waals surface area contributed by atoms with E-state index in [4.69, 9.17) is 13.9 Å². The molecule has 5 rings (SSSR count). The number of hydrogen-bond donors (Lipinski definition) is 1. The summed E-state index contributed by atoms with van der Waals surface area (Å²) in [4.78, 5) is 17.3. The monoisotopic (exact) mass is 404 g/mol. The number of oxazole rings is 1. The summed E-state index contributed by atoms with van der Waals surface area (Å²) in [6.07, 6.45) is 0. The normalized spacial score (nSPS) is 12.3. The fourth-order valence-electron chi connectivity index (χ4n) is 3.09. The molecule has 0 spiro atoms. The van der Waals surface area contributed by atoms with Gasteiger partial charge in [0.25, 0.3) is 11.1 Å². The molecule has 0 saturated carbocycles. The zero-order valence-electron chi connectivity index (χ0n) is 15.3. The van der Waals surface area contributed by atoms with Gasteiger partial charge in [0.15, 0.2) is 17.1 Å². The van der Waals surface area contributed by atoms with Crippen LogP contribution in [0.5, 0.6) is 11.5 Å². The van der Waals surface area contributed by atoms with Crippen molar-refractivity contribution in [2.24, 2.45) is 0 Å². The van der Waals surface area contributed by atoms with E-state index >= 15 is 0 Å². The number of carbonyl (C=O) groups is 1. The molecule has 0 unspecified atom stereocenters. The minimum Gasteiger partial charge on any atom is -0.454 e. The van der Waals surface area contributed by atoms with Gasteiger partial charge in [0.1, 0.15) is 5.52 Å². The van der Waals surface area contributed by atoms with Crippen LogP contribution in [0.15, 0.2) is 76.4 Å². The van der Waals surface area contributed by atoms with Crippen LogP contribution in [0.25, 0.3) is 11.1 Å². The molecule has 1 aliphatic rings. The number of thioether (sulfide) groups is 1. The van der Waals surface area contributed by atoms with Gasteiger partial charge in [-0.2, -0.15) is 0 Å². The average molecular weight is 404 g/mol. The second-order valence-corrected chi connectivity index (χ2v) is 7.34. The van der Waals surface area contributed by atoms with E-state index in [0.717, 1.165) is 16.7 Å². The molecule has 0 fully saturated rings. The van der Waals surface area contributed by atoms with Gasteiger partial charge in [0.2, 0.25) is 6.79 Å². The number of para-hydroxylation sites is 2. The van der Waals surface area contributed by atoms with Gasteiger partial charge >= 0.3 is 0 Å². The van der Waals surface area contributed by atoms with Crippen LogP contribution < -0.4 is 14.8 Å². The molecule has 1 aromatic heterocycles. The lowest BCUT2D eigenvalue weighted by molar-refractivity contribution is 0.102. The van der Waals surface area contributed by atoms with E-state index in [1.807, 2.05) is 48.5 Å². The summed E-state index contributed by atoms with van der Waals surface area (Å²) in [6.45, 7) is 0.197. The second-order valence-electron chi connectivity index (χ2n) is 6.42. The zero-order chi connectivity index (χ0) is 19.6. The first-order valence-corrected chi connectivity index (χ1v) is 10.0. The number of fused-ring (bicyclic) bond motifs is 2. The molecule has 0 bridgehead atoms. The molecule has 1 amide bonds. The Morgan fingerprint density at radius 1 is 1.00 bits per heavy atom. The molecule has 0 atom stereocenters. The van der Waals surface area contributed by atoms with Gasteiger partial charge in [-0.05, 0) is 35.9 Å². The molecule has 0 aliphatic carbocycles. The van der Waals surface area contributed by atoms with Crippen molar-refractivity contribution in [1.29, 1.82) is 0 Å². The van der Waals surface area contributed by atoms with E-state index in [-0.39, 0.29) is 12.7 Å². The van der Waals surface area contributed by atoms with Crippen molar-refractivity contribution in [2.45, 2.75) is 11.0 Å². The van der Waals surface area contributed by atoms with Crippen molar-refractivity contribution in [3.05, 3.63) is 77.9 Å². The molecule has 7 heteroatoms. The fraction of sp³-hybridized carbons (Fsp3) is 0.0909. The number of amides is 1. The molecule has 144 valence electrons. The molecule has 29 heavy (non-hydrogen) atoms. The van der Waals surface area contributed by atoms with Crippen LogP contribution in [0.3, 0.4) is 0 Å². The highest BCUT2D eigenvalue weighted by Gasteiger charge is 2.16. The third-order valence-electron chi connectivity index (χ3n) is 4.52. The topological polar surface area (TPSA) is 73.6 Å². The molecule has 1 aliphatic heterocycles. The summed E-state index contributed by atoms with van der Waals surface area (Å²) >= 11 is 1.46. The third kappa shape index (κ3) is 3.64. The molecule has 3 aromatic carbocycles. The minimum atomic E-state index is -0.183. The van der Waals surface area contributed by atoms with Crippen molar-refractivity contribution in [1.82, 2.24) is 4.98 Å². The predicted molar refractivity (Wildman–Crippen MR) is 111 cm³/mol. The van der Waals surface area contributed by atoms with Gasteiger partial charge in [-0.3, -0.25) is 4.79 Å². The van der Waals surface area contributed by atoms with Crippen LogP contribution in [0, 0.1) is 0 Å². The molecule has 2 heterocycles. The van der Waals surface area contributed by atoms with E-state index in [2.05, 4.69) is 10.3 Å². The largest absolute Gasteiger partial charge is 0.454 e. The highest BCUT2D eigenvalue weighted by molar-refractivity contribution is 7.98. The van der Waals surface area contributed by atoms with Crippen molar-refractivity contribution in [2.75, 3.05) is 12.1 Å². The lowest BCUT2D eigenvalue weighted by Gasteiger charge is -2.10. The SMILES string of the molecule is O=C(Nc1ccc2c(c1)OCO2)c1ccccc1CSc1nc2ccccc2o1. The van der Waals surface area contributed by atoms with Crippen LogP contribution in [0.1, 0.15) is 15.9 Å². The first kappa shape index (κ1) is 17.6. The van der Waals surface area contributed by atoms with Gasteiger partial charge in [0.05, 0.1) is 0 Å². The Morgan fingerprint density at radius 3 is 2.76 bits per heavy atom. The number of hydrogen-bond acceptors (Lipinski definition) is 6. The van der Waals surface area contributed by atoms with E-state index in [1.165, 1.54) is 11.8 Å². The van der Waals surface area contributed by atoms with Gasteiger partial charge in [-0.25, -0.2) is 4.98 Å². The summed E-state index contributed by atoms with van der Waals surface area (Å²) in [5, 5.41) is 3.51. The van der Waals surface area contributed by atoms with Crippen molar-refractivity contribution < 1.29 is 18.7 Å². The molecular weight excluding hydrogens is 388 g/mol. The predicted octanol–water partition coefficient (Wildman–Crippen LogP) is 5.10. The quantitative estimate of drug-likeness (QED) is 0.467. The van der Waals surface area contributed by atoms with Crippen LogP contribution in [-0.2, 0) is 5.75 Å². The number of rotatable bonds is 5. The van der Waals surface area contributed by atoms with Gasteiger partial charge in [-0.15, -0.1) is 0 Å². The van der Waals surface area contributed by atoms with Gasteiger partial charge in [0, 0.05) is 23.1 Å². The number of anilines is 1. The molecular formula is C22H16N2O4S. The van der Waals surface area contributed by atoms with E-state index in [9.17, 15) is 4.79 Å². The Labute approximate surface area is 170 Å². The highest BCUT2D eigenvalue weighted by Crippen LogP contribution is 2.34. The van der Waals surface area contributed by atoms with Crippen molar-refractivity contribution in [3.8, 4) is 11.5 Å². The summed E-state index contributed by atoms with van der Waals surface area (Å²) in [5.41, 5.74) is 3.74. The first-order valence-electron chi connectivity index (χ1n) is 9.03. The van der Waals surface area contributed by atoms with Crippen LogP contribution in [-0.4, -0.2) is 17.7 Å². The van der Waals surface area contributed by atoms with Crippen LogP contribution in [0.2, 0.25) is 0 Å². The summed E-state index contributed by atoms with van der Waals surface area (Å²) < 4.78 is 16.4. The Bertz CT molecular complexity index is 1170. The maximum Gasteiger partial charge on any atom is 0.257 e. The van der Waals surface area contributed by atoms with E-state index < -0.39 is 0 Å². The molecule has 4 aromatic rings. The molecule has 0 saturated heterocycles. The fourth-order valence-corrected chi connectivity index (χ4v) is 3.94. The maximum absolute atomic E-state index is 12.9. The number of carbonyl (C=O) groups excluding carboxylic acids is 1. The van der Waals surface area contributed by atoms with Gasteiger partial charge in [-0.1, -0.05) is 42.1 Å². The summed E-state index contributed by atoms with van der Waals surface area (Å²) in [5.74, 6) is 1.69. The third-order valence-corrected chi connectivity index (χ3v) is 5.39. The number of aromatic nitrogens is 1. The number of benzene rings is 3. The Kier molecular flexibility index (Phi) is 4.57.